The van der Waals surface area contributed by atoms with E-state index in [1.54, 1.807) is 12.1 Å². The molecule has 5 rings (SSSR count). The molecule has 1 saturated carbocycles. The number of aromatic hydroxyl groups is 1. The lowest BCUT2D eigenvalue weighted by Gasteiger charge is -2.37. The van der Waals surface area contributed by atoms with Gasteiger partial charge >= 0.3 is 0 Å². The van der Waals surface area contributed by atoms with E-state index in [0.717, 1.165) is 56.7 Å². The van der Waals surface area contributed by atoms with Gasteiger partial charge in [0.1, 0.15) is 5.75 Å². The van der Waals surface area contributed by atoms with Crippen LogP contribution in [0.25, 0.3) is 0 Å². The number of para-hydroxylation sites is 1. The number of amides is 2. The predicted octanol–water partition coefficient (Wildman–Crippen LogP) is 3.01. The molecule has 174 valence electrons. The fraction of sp³-hybridized carbons (Fsp3) is 0.462. The number of imide groups is 1. The molecule has 3 aliphatic rings. The van der Waals surface area contributed by atoms with E-state index in [1.807, 2.05) is 30.3 Å². The summed E-state index contributed by atoms with van der Waals surface area (Å²) in [5.41, 5.74) is 1.64. The van der Waals surface area contributed by atoms with E-state index in [0.29, 0.717) is 36.3 Å². The van der Waals surface area contributed by atoms with Crippen molar-refractivity contribution in [1.29, 1.82) is 0 Å². The molecular weight excluding hydrogens is 418 g/mol. The summed E-state index contributed by atoms with van der Waals surface area (Å²) in [6.07, 6.45) is 4.20. The fourth-order valence-corrected chi connectivity index (χ4v) is 5.42. The number of anilines is 1. The average molecular weight is 450 g/mol. The van der Waals surface area contributed by atoms with Crippen LogP contribution >= 0.6 is 0 Å². The Kier molecular flexibility index (Phi) is 5.85. The van der Waals surface area contributed by atoms with Crippen LogP contribution in [-0.4, -0.2) is 70.2 Å². The normalized spacial score (nSPS) is 20.9. The van der Waals surface area contributed by atoms with Crippen LogP contribution in [0.1, 0.15) is 58.4 Å². The molecule has 0 bridgehead atoms. The van der Waals surface area contributed by atoms with E-state index in [9.17, 15) is 19.8 Å². The first-order valence-corrected chi connectivity index (χ1v) is 11.9. The third-order valence-electron chi connectivity index (χ3n) is 7.31. The van der Waals surface area contributed by atoms with Crippen molar-refractivity contribution in [2.75, 3.05) is 37.6 Å². The van der Waals surface area contributed by atoms with Gasteiger partial charge in [-0.1, -0.05) is 43.5 Å². The Hall–Kier alpha value is -2.90. The number of fused-ring (bicyclic) bond motifs is 1. The molecule has 2 fully saturated rings. The van der Waals surface area contributed by atoms with E-state index < -0.39 is 5.60 Å². The van der Waals surface area contributed by atoms with Crippen LogP contribution in [0.2, 0.25) is 0 Å². The number of benzene rings is 2. The lowest BCUT2D eigenvalue weighted by molar-refractivity contribution is -0.0177. The van der Waals surface area contributed by atoms with Crippen LogP contribution in [0.15, 0.2) is 42.5 Å². The zero-order chi connectivity index (χ0) is 23.0. The highest BCUT2D eigenvalue weighted by Gasteiger charge is 2.43. The summed E-state index contributed by atoms with van der Waals surface area (Å²) in [6, 6.07) is 12.9. The van der Waals surface area contributed by atoms with Gasteiger partial charge in [-0.3, -0.25) is 19.4 Å². The minimum absolute atomic E-state index is 0.0765. The second-order valence-electron chi connectivity index (χ2n) is 9.57. The van der Waals surface area contributed by atoms with Crippen LogP contribution in [0, 0.1) is 0 Å². The van der Waals surface area contributed by atoms with E-state index in [4.69, 9.17) is 0 Å². The number of aliphatic hydroxyl groups is 1. The second kappa shape index (κ2) is 8.80. The molecule has 1 saturated heterocycles. The summed E-state index contributed by atoms with van der Waals surface area (Å²) in [4.78, 5) is 32.2. The molecule has 0 aromatic heterocycles. The molecule has 2 aromatic rings. The molecule has 2 aliphatic heterocycles. The first kappa shape index (κ1) is 21.9. The Balaban J connectivity index is 1.30. The summed E-state index contributed by atoms with van der Waals surface area (Å²) in [5.74, 6) is -0.278. The topological polar surface area (TPSA) is 84.3 Å². The monoisotopic (exact) mass is 449 g/mol. The number of hydrogen-bond acceptors (Lipinski definition) is 6. The summed E-state index contributed by atoms with van der Waals surface area (Å²) in [6.45, 7) is 3.81. The van der Waals surface area contributed by atoms with Crippen molar-refractivity contribution in [3.63, 3.8) is 0 Å². The van der Waals surface area contributed by atoms with Gasteiger partial charge < -0.3 is 15.1 Å². The van der Waals surface area contributed by atoms with E-state index in [-0.39, 0.29) is 18.4 Å². The number of carbonyl (C=O) groups excluding carboxylic acids is 2. The van der Waals surface area contributed by atoms with Gasteiger partial charge in [0.15, 0.2) is 0 Å². The molecule has 1 aliphatic carbocycles. The SMILES string of the molecule is O=C1c2cccc(N3CCN(Cc4ccccc4O)CC3)c2C(=O)N1CC1(O)CCCCC1. The summed E-state index contributed by atoms with van der Waals surface area (Å²) >= 11 is 0. The molecule has 2 N–H and O–H groups in total. The van der Waals surface area contributed by atoms with Crippen LogP contribution in [-0.2, 0) is 6.54 Å². The summed E-state index contributed by atoms with van der Waals surface area (Å²) < 4.78 is 0. The summed E-state index contributed by atoms with van der Waals surface area (Å²) in [7, 11) is 0. The van der Waals surface area contributed by atoms with E-state index in [1.165, 1.54) is 4.90 Å². The third-order valence-corrected chi connectivity index (χ3v) is 7.31. The number of phenols is 1. The molecule has 0 atom stereocenters. The van der Waals surface area contributed by atoms with Crippen molar-refractivity contribution in [1.82, 2.24) is 9.80 Å². The quantitative estimate of drug-likeness (QED) is 0.683. The number of carbonyl (C=O) groups is 2. The molecule has 0 unspecified atom stereocenters. The standard InChI is InChI=1S/C26H31N3O4/c30-22-10-3-2-7-19(22)17-27-13-15-28(16-14-27)21-9-6-8-20-23(21)25(32)29(24(20)31)18-26(33)11-4-1-5-12-26/h2-3,6-10,30,33H,1,4-5,11-18H2. The van der Waals surface area contributed by atoms with Crippen molar-refractivity contribution < 1.29 is 19.8 Å². The molecular formula is C26H31N3O4. The van der Waals surface area contributed by atoms with Crippen molar-refractivity contribution in [3.8, 4) is 5.75 Å². The van der Waals surface area contributed by atoms with Gasteiger partial charge in [-0.2, -0.15) is 0 Å². The average Bonchev–Trinajstić information content (AvgIpc) is 3.06. The van der Waals surface area contributed by atoms with E-state index >= 15 is 0 Å². The summed E-state index contributed by atoms with van der Waals surface area (Å²) in [5, 5.41) is 21.0. The maximum absolute atomic E-state index is 13.4. The van der Waals surface area contributed by atoms with Crippen molar-refractivity contribution in [2.24, 2.45) is 0 Å². The van der Waals surface area contributed by atoms with Crippen LogP contribution in [0.3, 0.4) is 0 Å². The molecule has 0 radical (unpaired) electrons. The minimum atomic E-state index is -0.972. The number of piperazine rings is 1. The Morgan fingerprint density at radius 2 is 1.58 bits per heavy atom. The third kappa shape index (κ3) is 4.23. The lowest BCUT2D eigenvalue weighted by Crippen LogP contribution is -2.47. The molecule has 7 nitrogen and oxygen atoms in total. The van der Waals surface area contributed by atoms with Crippen LogP contribution in [0.4, 0.5) is 5.69 Å². The van der Waals surface area contributed by atoms with Gasteiger partial charge in [0, 0.05) is 38.3 Å². The number of hydrogen-bond donors (Lipinski definition) is 2. The van der Waals surface area contributed by atoms with Gasteiger partial charge in [0.2, 0.25) is 0 Å². The first-order chi connectivity index (χ1) is 16.0. The Morgan fingerprint density at radius 1 is 0.848 bits per heavy atom. The highest BCUT2D eigenvalue weighted by molar-refractivity contribution is 6.23. The van der Waals surface area contributed by atoms with Crippen LogP contribution in [0.5, 0.6) is 5.75 Å². The smallest absolute Gasteiger partial charge is 0.263 e. The zero-order valence-electron chi connectivity index (χ0n) is 18.9. The Bertz CT molecular complexity index is 1060. The highest BCUT2D eigenvalue weighted by Crippen LogP contribution is 2.36. The molecule has 2 amide bonds. The molecule has 7 heteroatoms. The molecule has 33 heavy (non-hydrogen) atoms. The van der Waals surface area contributed by atoms with Crippen LogP contribution < -0.4 is 4.90 Å². The largest absolute Gasteiger partial charge is 0.508 e. The minimum Gasteiger partial charge on any atom is -0.508 e. The first-order valence-electron chi connectivity index (χ1n) is 11.9. The molecule has 0 spiro atoms. The lowest BCUT2D eigenvalue weighted by atomic mass is 9.84. The Morgan fingerprint density at radius 3 is 2.30 bits per heavy atom. The van der Waals surface area contributed by atoms with Gasteiger partial charge in [-0.25, -0.2) is 0 Å². The molecule has 2 heterocycles. The maximum Gasteiger partial charge on any atom is 0.263 e. The number of rotatable bonds is 5. The van der Waals surface area contributed by atoms with Gasteiger partial charge in [0.05, 0.1) is 29.0 Å². The van der Waals surface area contributed by atoms with Crippen molar-refractivity contribution in [2.45, 2.75) is 44.2 Å². The Labute approximate surface area is 194 Å². The number of β-amino-alcohol motifs (C(OH)–C–C–N with tert-alkyl or cyclic N) is 1. The van der Waals surface area contributed by atoms with Gasteiger partial charge in [0.25, 0.3) is 11.8 Å². The van der Waals surface area contributed by atoms with Gasteiger partial charge in [-0.15, -0.1) is 0 Å². The highest BCUT2D eigenvalue weighted by atomic mass is 16.3. The maximum atomic E-state index is 13.4. The fourth-order valence-electron chi connectivity index (χ4n) is 5.42. The second-order valence-corrected chi connectivity index (χ2v) is 9.57. The number of phenolic OH excluding ortho intramolecular Hbond substituents is 1. The van der Waals surface area contributed by atoms with E-state index in [2.05, 4.69) is 9.80 Å². The predicted molar refractivity (Wildman–Crippen MR) is 125 cm³/mol. The molecule has 2 aromatic carbocycles. The van der Waals surface area contributed by atoms with Crippen molar-refractivity contribution in [3.05, 3.63) is 59.2 Å². The number of nitrogens with zero attached hydrogens (tertiary/aromatic N) is 3. The van der Waals surface area contributed by atoms with Gasteiger partial charge in [-0.05, 0) is 31.0 Å². The van der Waals surface area contributed by atoms with Crippen molar-refractivity contribution >= 4 is 17.5 Å². The zero-order valence-corrected chi connectivity index (χ0v) is 18.9.